The van der Waals surface area contributed by atoms with Gasteiger partial charge in [-0.3, -0.25) is 23.7 Å². The summed E-state index contributed by atoms with van der Waals surface area (Å²) in [6.07, 6.45) is 1.21. The van der Waals surface area contributed by atoms with Crippen LogP contribution in [0.2, 0.25) is 0 Å². The number of ether oxygens (including phenoxy) is 4. The molecule has 0 aliphatic carbocycles. The molecule has 1 aromatic rings. The number of unbranched alkanes of at least 4 members (excludes halogenated alkanes) is 3. The lowest BCUT2D eigenvalue weighted by atomic mass is 10.1. The molecular formula is C25H37FN2O9. The van der Waals surface area contributed by atoms with E-state index < -0.39 is 72.0 Å². The van der Waals surface area contributed by atoms with Crippen molar-refractivity contribution in [3.05, 3.63) is 32.9 Å². The third-order valence-corrected chi connectivity index (χ3v) is 5.83. The zero-order valence-electron chi connectivity index (χ0n) is 22.1. The van der Waals surface area contributed by atoms with Gasteiger partial charge in [0.15, 0.2) is 6.73 Å². The van der Waals surface area contributed by atoms with Crippen LogP contribution in [0.5, 0.6) is 0 Å². The van der Waals surface area contributed by atoms with Gasteiger partial charge in [-0.2, -0.15) is 4.39 Å². The van der Waals surface area contributed by atoms with E-state index in [1.165, 1.54) is 0 Å². The Kier molecular flexibility index (Phi) is 11.5. The first-order chi connectivity index (χ1) is 17.5. The molecule has 1 aliphatic rings. The monoisotopic (exact) mass is 528 g/mol. The van der Waals surface area contributed by atoms with Gasteiger partial charge < -0.3 is 18.9 Å². The van der Waals surface area contributed by atoms with E-state index in [1.807, 2.05) is 6.92 Å². The number of nitrogens with zero attached hydrogens (tertiary/aromatic N) is 2. The predicted molar refractivity (Wildman–Crippen MR) is 129 cm³/mol. The van der Waals surface area contributed by atoms with E-state index in [4.69, 9.17) is 18.9 Å². The standard InChI is InChI=1S/C25H37FN2O9/c1-6-7-8-9-10-21(29)35-14-28-22(30)17(26)12-27(25(28)33)20-11-18(37-24(32)16(4)5)19(36-20)13-34-23(31)15(2)3/h12,15-16,18-20H,6-11,13-14H2,1-5H3/t18-,19+,20+/m0/s1. The van der Waals surface area contributed by atoms with Crippen molar-refractivity contribution in [1.82, 2.24) is 9.13 Å². The van der Waals surface area contributed by atoms with E-state index in [9.17, 15) is 28.4 Å². The highest BCUT2D eigenvalue weighted by atomic mass is 19.1. The summed E-state index contributed by atoms with van der Waals surface area (Å²) >= 11 is 0. The van der Waals surface area contributed by atoms with Crippen LogP contribution >= 0.6 is 0 Å². The van der Waals surface area contributed by atoms with Crippen LogP contribution in [0.1, 0.15) is 79.4 Å². The quantitative estimate of drug-likeness (QED) is 0.215. The summed E-state index contributed by atoms with van der Waals surface area (Å²) in [4.78, 5) is 61.4. The molecule has 0 spiro atoms. The number of hydrogen-bond donors (Lipinski definition) is 0. The molecule has 2 heterocycles. The Balaban J connectivity index is 2.22. The molecule has 12 heteroatoms. The lowest BCUT2D eigenvalue weighted by Gasteiger charge is -2.20. The zero-order chi connectivity index (χ0) is 27.7. The van der Waals surface area contributed by atoms with Crippen LogP contribution in [0.3, 0.4) is 0 Å². The SMILES string of the molecule is CCCCCCC(=O)OCn1c(=O)c(F)cn([C@H]2C[C@H](OC(=O)C(C)C)[C@@H](COC(=O)C(C)C)O2)c1=O. The smallest absolute Gasteiger partial charge is 0.336 e. The van der Waals surface area contributed by atoms with Crippen molar-refractivity contribution in [3.63, 3.8) is 0 Å². The first-order valence-corrected chi connectivity index (χ1v) is 12.7. The minimum Gasteiger partial charge on any atom is -0.463 e. The van der Waals surface area contributed by atoms with Crippen LogP contribution in [0, 0.1) is 17.7 Å². The first-order valence-electron chi connectivity index (χ1n) is 12.7. The molecule has 0 radical (unpaired) electrons. The molecule has 37 heavy (non-hydrogen) atoms. The van der Waals surface area contributed by atoms with E-state index >= 15 is 0 Å². The molecule has 0 saturated carbocycles. The van der Waals surface area contributed by atoms with Crippen LogP contribution in [0.15, 0.2) is 15.8 Å². The van der Waals surface area contributed by atoms with E-state index in [0.29, 0.717) is 17.2 Å². The van der Waals surface area contributed by atoms with Gasteiger partial charge in [-0.25, -0.2) is 9.36 Å². The Morgan fingerprint density at radius 1 is 1.05 bits per heavy atom. The van der Waals surface area contributed by atoms with Crippen molar-refractivity contribution in [2.24, 2.45) is 11.8 Å². The highest BCUT2D eigenvalue weighted by Gasteiger charge is 2.41. The molecule has 2 rings (SSSR count). The van der Waals surface area contributed by atoms with Crippen molar-refractivity contribution in [2.75, 3.05) is 6.61 Å². The van der Waals surface area contributed by atoms with Crippen molar-refractivity contribution in [1.29, 1.82) is 0 Å². The molecule has 1 saturated heterocycles. The largest absolute Gasteiger partial charge is 0.463 e. The number of rotatable bonds is 13. The fraction of sp³-hybridized carbons (Fsp3) is 0.720. The second-order valence-electron chi connectivity index (χ2n) is 9.64. The predicted octanol–water partition coefficient (Wildman–Crippen LogP) is 2.67. The van der Waals surface area contributed by atoms with E-state index in [-0.39, 0.29) is 19.4 Å². The molecule has 0 unspecified atom stereocenters. The first kappa shape index (κ1) is 30.2. The molecule has 3 atom stereocenters. The van der Waals surface area contributed by atoms with Crippen LogP contribution in [0.4, 0.5) is 4.39 Å². The molecule has 1 fully saturated rings. The topological polar surface area (TPSA) is 132 Å². The molecule has 1 aromatic heterocycles. The Bertz CT molecular complexity index is 1060. The number of carbonyl (C=O) groups is 3. The average Bonchev–Trinajstić information content (AvgIpc) is 3.24. The van der Waals surface area contributed by atoms with Gasteiger partial charge >= 0.3 is 23.6 Å². The Morgan fingerprint density at radius 2 is 1.73 bits per heavy atom. The highest BCUT2D eigenvalue weighted by molar-refractivity contribution is 5.72. The number of halogens is 1. The second kappa shape index (κ2) is 14.1. The van der Waals surface area contributed by atoms with Gasteiger partial charge in [0.2, 0.25) is 5.82 Å². The van der Waals surface area contributed by atoms with Gasteiger partial charge in [0, 0.05) is 12.8 Å². The Labute approximate surface area is 214 Å². The Hall–Kier alpha value is -3.02. The van der Waals surface area contributed by atoms with Gasteiger partial charge in [-0.15, -0.1) is 0 Å². The van der Waals surface area contributed by atoms with Crippen LogP contribution in [-0.2, 0) is 40.1 Å². The third-order valence-electron chi connectivity index (χ3n) is 5.83. The summed E-state index contributed by atoms with van der Waals surface area (Å²) in [7, 11) is 0. The molecular weight excluding hydrogens is 491 g/mol. The molecule has 0 aromatic carbocycles. The van der Waals surface area contributed by atoms with E-state index in [0.717, 1.165) is 23.8 Å². The van der Waals surface area contributed by atoms with E-state index in [2.05, 4.69) is 0 Å². The number of aromatic nitrogens is 2. The van der Waals surface area contributed by atoms with Crippen molar-refractivity contribution >= 4 is 17.9 Å². The maximum Gasteiger partial charge on any atom is 0.336 e. The fourth-order valence-electron chi connectivity index (χ4n) is 3.57. The van der Waals surface area contributed by atoms with Crippen LogP contribution in [-0.4, -0.2) is 45.9 Å². The second-order valence-corrected chi connectivity index (χ2v) is 9.64. The highest BCUT2D eigenvalue weighted by Crippen LogP contribution is 2.31. The fourth-order valence-corrected chi connectivity index (χ4v) is 3.57. The maximum absolute atomic E-state index is 14.5. The lowest BCUT2D eigenvalue weighted by molar-refractivity contribution is -0.162. The summed E-state index contributed by atoms with van der Waals surface area (Å²) in [5, 5.41) is 0. The Morgan fingerprint density at radius 3 is 2.35 bits per heavy atom. The average molecular weight is 529 g/mol. The van der Waals surface area contributed by atoms with Crippen LogP contribution in [0.25, 0.3) is 0 Å². The van der Waals surface area contributed by atoms with Gasteiger partial charge in [0.25, 0.3) is 5.56 Å². The number of esters is 3. The third kappa shape index (κ3) is 8.51. The number of hydrogen-bond acceptors (Lipinski definition) is 9. The minimum atomic E-state index is -1.26. The van der Waals surface area contributed by atoms with Crippen molar-refractivity contribution < 1.29 is 37.7 Å². The molecule has 0 N–H and O–H groups in total. The lowest BCUT2D eigenvalue weighted by Crippen LogP contribution is -2.43. The van der Waals surface area contributed by atoms with Crippen LogP contribution < -0.4 is 11.2 Å². The summed E-state index contributed by atoms with van der Waals surface area (Å²) in [6, 6.07) is 0. The molecule has 1 aliphatic heterocycles. The van der Waals surface area contributed by atoms with Gasteiger partial charge in [0.1, 0.15) is 25.0 Å². The maximum atomic E-state index is 14.5. The molecule has 0 bridgehead atoms. The summed E-state index contributed by atoms with van der Waals surface area (Å²) in [6.45, 7) is 7.62. The molecule has 208 valence electrons. The molecule has 11 nitrogen and oxygen atoms in total. The van der Waals surface area contributed by atoms with Gasteiger partial charge in [-0.1, -0.05) is 53.9 Å². The van der Waals surface area contributed by atoms with E-state index in [1.54, 1.807) is 27.7 Å². The van der Waals surface area contributed by atoms with Crippen molar-refractivity contribution in [3.8, 4) is 0 Å². The zero-order valence-corrected chi connectivity index (χ0v) is 22.1. The summed E-state index contributed by atoms with van der Waals surface area (Å²) in [5.41, 5.74) is -2.22. The minimum absolute atomic E-state index is 0.0584. The van der Waals surface area contributed by atoms with Gasteiger partial charge in [0.05, 0.1) is 18.0 Å². The number of carbonyl (C=O) groups excluding carboxylic acids is 3. The molecule has 0 amide bonds. The normalized spacial score (nSPS) is 19.3. The summed E-state index contributed by atoms with van der Waals surface area (Å²) in [5.74, 6) is -3.73. The van der Waals surface area contributed by atoms with Crippen molar-refractivity contribution in [2.45, 2.75) is 98.3 Å². The van der Waals surface area contributed by atoms with Gasteiger partial charge in [-0.05, 0) is 6.42 Å². The summed E-state index contributed by atoms with van der Waals surface area (Å²) < 4.78 is 37.4.